The van der Waals surface area contributed by atoms with Gasteiger partial charge in [-0.05, 0) is 25.7 Å². The lowest BCUT2D eigenvalue weighted by Crippen LogP contribution is -2.57. The molecule has 0 aromatic heterocycles. The topological polar surface area (TPSA) is 69.6 Å². The second-order valence-corrected chi connectivity index (χ2v) is 5.57. The Hall–Kier alpha value is -1.26. The third kappa shape index (κ3) is 2.76. The van der Waals surface area contributed by atoms with Crippen LogP contribution in [-0.4, -0.2) is 40.6 Å². The molecule has 0 atom stereocenters. The standard InChI is InChI=1S/C13H22N2O3/c1-15(10-6-7-10)12(18)14-13(11(16)17)8-4-2-3-5-9-13/h10H,2-9H2,1H3,(H,14,18)(H,16,17). The molecule has 0 aromatic carbocycles. The van der Waals surface area contributed by atoms with Crippen LogP contribution < -0.4 is 5.32 Å². The maximum absolute atomic E-state index is 12.1. The molecular formula is C13H22N2O3. The number of hydrogen-bond acceptors (Lipinski definition) is 2. The molecule has 0 radical (unpaired) electrons. The van der Waals surface area contributed by atoms with Crippen molar-refractivity contribution in [2.24, 2.45) is 0 Å². The summed E-state index contributed by atoms with van der Waals surface area (Å²) in [7, 11) is 1.75. The first-order valence-corrected chi connectivity index (χ1v) is 6.83. The summed E-state index contributed by atoms with van der Waals surface area (Å²) in [6.45, 7) is 0. The van der Waals surface area contributed by atoms with Crippen LogP contribution in [0.4, 0.5) is 4.79 Å². The van der Waals surface area contributed by atoms with Gasteiger partial charge in [-0.1, -0.05) is 25.7 Å². The fraction of sp³-hybridized carbons (Fsp3) is 0.846. The summed E-state index contributed by atoms with van der Waals surface area (Å²) in [5, 5.41) is 12.2. The smallest absolute Gasteiger partial charge is 0.329 e. The monoisotopic (exact) mass is 254 g/mol. The Bertz CT molecular complexity index is 331. The van der Waals surface area contributed by atoms with Crippen LogP contribution in [0.15, 0.2) is 0 Å². The number of urea groups is 1. The van der Waals surface area contributed by atoms with Crippen LogP contribution in [0.5, 0.6) is 0 Å². The molecular weight excluding hydrogens is 232 g/mol. The van der Waals surface area contributed by atoms with Gasteiger partial charge in [0.1, 0.15) is 5.54 Å². The third-order valence-electron chi connectivity index (χ3n) is 4.13. The zero-order valence-corrected chi connectivity index (χ0v) is 10.9. The number of carbonyl (C=O) groups is 2. The lowest BCUT2D eigenvalue weighted by atomic mass is 9.90. The Morgan fingerprint density at radius 2 is 1.72 bits per heavy atom. The van der Waals surface area contributed by atoms with E-state index in [4.69, 9.17) is 0 Å². The van der Waals surface area contributed by atoms with E-state index < -0.39 is 11.5 Å². The first-order chi connectivity index (χ1) is 8.55. The number of hydrogen-bond donors (Lipinski definition) is 2. The van der Waals surface area contributed by atoms with Crippen molar-refractivity contribution in [3.63, 3.8) is 0 Å². The van der Waals surface area contributed by atoms with E-state index in [0.717, 1.165) is 38.5 Å². The second kappa shape index (κ2) is 5.16. The summed E-state index contributed by atoms with van der Waals surface area (Å²) in [6.07, 6.45) is 7.03. The van der Waals surface area contributed by atoms with E-state index in [-0.39, 0.29) is 6.03 Å². The van der Waals surface area contributed by atoms with E-state index in [1.807, 2.05) is 0 Å². The highest BCUT2D eigenvalue weighted by molar-refractivity contribution is 5.86. The summed E-state index contributed by atoms with van der Waals surface area (Å²) in [6, 6.07) is 0.0726. The number of carboxylic acids is 1. The Kier molecular flexibility index (Phi) is 3.78. The molecule has 0 aromatic rings. The van der Waals surface area contributed by atoms with Crippen molar-refractivity contribution >= 4 is 12.0 Å². The lowest BCUT2D eigenvalue weighted by Gasteiger charge is -2.31. The molecule has 0 heterocycles. The SMILES string of the molecule is CN(C(=O)NC1(C(=O)O)CCCCCC1)C1CC1. The molecule has 2 aliphatic carbocycles. The van der Waals surface area contributed by atoms with Gasteiger partial charge in [-0.2, -0.15) is 0 Å². The molecule has 2 rings (SSSR count). The zero-order valence-electron chi connectivity index (χ0n) is 10.9. The predicted molar refractivity (Wildman–Crippen MR) is 67.4 cm³/mol. The minimum atomic E-state index is -1.04. The van der Waals surface area contributed by atoms with Gasteiger partial charge in [0.25, 0.3) is 0 Å². The Labute approximate surface area is 108 Å². The number of carboxylic acid groups (broad SMARTS) is 1. The first kappa shape index (κ1) is 13.2. The van der Waals surface area contributed by atoms with Crippen molar-refractivity contribution < 1.29 is 14.7 Å². The minimum absolute atomic E-state index is 0.234. The molecule has 2 N–H and O–H groups in total. The second-order valence-electron chi connectivity index (χ2n) is 5.57. The van der Waals surface area contributed by atoms with Crippen LogP contribution in [0.25, 0.3) is 0 Å². The molecule has 0 saturated heterocycles. The highest BCUT2D eigenvalue weighted by Crippen LogP contribution is 2.29. The van der Waals surface area contributed by atoms with Crippen LogP contribution in [0, 0.1) is 0 Å². The molecule has 0 aliphatic heterocycles. The highest BCUT2D eigenvalue weighted by Gasteiger charge is 2.42. The van der Waals surface area contributed by atoms with Crippen LogP contribution in [-0.2, 0) is 4.79 Å². The van der Waals surface area contributed by atoms with Crippen LogP contribution in [0.2, 0.25) is 0 Å². The normalized spacial score (nSPS) is 22.9. The highest BCUT2D eigenvalue weighted by atomic mass is 16.4. The zero-order chi connectivity index (χ0) is 13.2. The van der Waals surface area contributed by atoms with Crippen molar-refractivity contribution in [3.8, 4) is 0 Å². The van der Waals surface area contributed by atoms with Gasteiger partial charge in [0.15, 0.2) is 0 Å². The quantitative estimate of drug-likeness (QED) is 0.756. The number of aliphatic carboxylic acids is 1. The molecule has 18 heavy (non-hydrogen) atoms. The fourth-order valence-electron chi connectivity index (χ4n) is 2.64. The van der Waals surface area contributed by atoms with Gasteiger partial charge in [-0.25, -0.2) is 9.59 Å². The summed E-state index contributed by atoms with van der Waals surface area (Å²) in [5.41, 5.74) is -1.04. The van der Waals surface area contributed by atoms with E-state index in [9.17, 15) is 14.7 Å². The van der Waals surface area contributed by atoms with E-state index in [2.05, 4.69) is 5.32 Å². The van der Waals surface area contributed by atoms with Gasteiger partial charge in [0.05, 0.1) is 0 Å². The van der Waals surface area contributed by atoms with Crippen LogP contribution >= 0.6 is 0 Å². The lowest BCUT2D eigenvalue weighted by molar-refractivity contribution is -0.145. The van der Waals surface area contributed by atoms with Crippen LogP contribution in [0.3, 0.4) is 0 Å². The largest absolute Gasteiger partial charge is 0.480 e. The summed E-state index contributed by atoms with van der Waals surface area (Å²) < 4.78 is 0. The Balaban J connectivity index is 2.04. The summed E-state index contributed by atoms with van der Waals surface area (Å²) >= 11 is 0. The van der Waals surface area contributed by atoms with Gasteiger partial charge in [0, 0.05) is 13.1 Å². The van der Waals surface area contributed by atoms with Gasteiger partial charge < -0.3 is 15.3 Å². The van der Waals surface area contributed by atoms with Gasteiger partial charge in [0.2, 0.25) is 0 Å². The van der Waals surface area contributed by atoms with Gasteiger partial charge in [-0.3, -0.25) is 0 Å². The van der Waals surface area contributed by atoms with Crippen molar-refractivity contribution in [1.29, 1.82) is 0 Å². The number of amides is 2. The Morgan fingerprint density at radius 3 is 2.17 bits per heavy atom. The maximum Gasteiger partial charge on any atom is 0.329 e. The first-order valence-electron chi connectivity index (χ1n) is 6.83. The third-order valence-corrected chi connectivity index (χ3v) is 4.13. The average molecular weight is 254 g/mol. The van der Waals surface area contributed by atoms with Gasteiger partial charge >= 0.3 is 12.0 Å². The molecule has 0 spiro atoms. The molecule has 5 nitrogen and oxygen atoms in total. The maximum atomic E-state index is 12.1. The fourth-order valence-corrected chi connectivity index (χ4v) is 2.64. The summed E-state index contributed by atoms with van der Waals surface area (Å²) in [5.74, 6) is -0.887. The number of carbonyl (C=O) groups excluding carboxylic acids is 1. The van der Waals surface area contributed by atoms with E-state index in [1.165, 1.54) is 0 Å². The molecule has 2 saturated carbocycles. The van der Waals surface area contributed by atoms with E-state index in [1.54, 1.807) is 11.9 Å². The van der Waals surface area contributed by atoms with Crippen LogP contribution in [0.1, 0.15) is 51.4 Å². The summed E-state index contributed by atoms with van der Waals surface area (Å²) in [4.78, 5) is 25.3. The Morgan fingerprint density at radius 1 is 1.17 bits per heavy atom. The minimum Gasteiger partial charge on any atom is -0.480 e. The molecule has 0 bridgehead atoms. The van der Waals surface area contributed by atoms with Crippen molar-refractivity contribution in [1.82, 2.24) is 10.2 Å². The number of nitrogens with one attached hydrogen (secondary N) is 1. The van der Waals surface area contributed by atoms with Crippen molar-refractivity contribution in [3.05, 3.63) is 0 Å². The van der Waals surface area contributed by atoms with E-state index in [0.29, 0.717) is 18.9 Å². The molecule has 5 heteroatoms. The van der Waals surface area contributed by atoms with Gasteiger partial charge in [-0.15, -0.1) is 0 Å². The predicted octanol–water partition coefficient (Wildman–Crippen LogP) is 1.97. The molecule has 2 fully saturated rings. The van der Waals surface area contributed by atoms with Crippen molar-refractivity contribution in [2.75, 3.05) is 7.05 Å². The molecule has 102 valence electrons. The average Bonchev–Trinajstić information content (AvgIpc) is 3.15. The van der Waals surface area contributed by atoms with E-state index >= 15 is 0 Å². The van der Waals surface area contributed by atoms with Crippen molar-refractivity contribution in [2.45, 2.75) is 62.9 Å². The number of nitrogens with zero attached hydrogens (tertiary/aromatic N) is 1. The molecule has 0 unspecified atom stereocenters. The molecule has 2 aliphatic rings. The number of rotatable bonds is 3. The molecule has 2 amide bonds.